The Morgan fingerprint density at radius 1 is 1.03 bits per heavy atom. The summed E-state index contributed by atoms with van der Waals surface area (Å²) in [5.41, 5.74) is 4.59. The number of hydrogen-bond acceptors (Lipinski definition) is 3. The molecule has 4 heteroatoms. The van der Waals surface area contributed by atoms with Crippen LogP contribution in [0, 0.1) is 32.6 Å². The molecule has 2 rings (SSSR count). The maximum Gasteiger partial charge on any atom is 0.303 e. The van der Waals surface area contributed by atoms with Crippen molar-refractivity contribution in [3.8, 4) is 11.5 Å². The van der Waals surface area contributed by atoms with Crippen LogP contribution in [0.2, 0.25) is 0 Å². The number of fused-ring (bicyclic) bond motifs is 1. The SMILES string of the molecule is Cc1c(C)c2c(c(C)c1OCCCCCCC(=O)O)CCC(C)(/C=C/CC(C)CCCC(C)C)O2. The van der Waals surface area contributed by atoms with Crippen molar-refractivity contribution in [2.24, 2.45) is 11.8 Å². The van der Waals surface area contributed by atoms with Crippen LogP contribution < -0.4 is 9.47 Å². The highest BCUT2D eigenvalue weighted by Crippen LogP contribution is 2.44. The summed E-state index contributed by atoms with van der Waals surface area (Å²) >= 11 is 0. The Balaban J connectivity index is 1.95. The van der Waals surface area contributed by atoms with Gasteiger partial charge in [-0.1, -0.05) is 59.0 Å². The average molecular weight is 487 g/mol. The highest BCUT2D eigenvalue weighted by Gasteiger charge is 2.32. The van der Waals surface area contributed by atoms with Gasteiger partial charge in [0.1, 0.15) is 17.1 Å². The number of aliphatic carboxylic acids is 1. The van der Waals surface area contributed by atoms with Gasteiger partial charge in [0.25, 0.3) is 0 Å². The van der Waals surface area contributed by atoms with E-state index in [1.807, 2.05) is 0 Å². The van der Waals surface area contributed by atoms with Gasteiger partial charge in [-0.3, -0.25) is 4.79 Å². The van der Waals surface area contributed by atoms with Gasteiger partial charge < -0.3 is 14.6 Å². The van der Waals surface area contributed by atoms with Crippen molar-refractivity contribution in [1.82, 2.24) is 0 Å². The smallest absolute Gasteiger partial charge is 0.303 e. The van der Waals surface area contributed by atoms with Gasteiger partial charge in [-0.05, 0) is 94.4 Å². The van der Waals surface area contributed by atoms with Gasteiger partial charge in [-0.15, -0.1) is 0 Å². The first-order valence-corrected chi connectivity index (χ1v) is 13.9. The van der Waals surface area contributed by atoms with Crippen LogP contribution in [-0.2, 0) is 11.2 Å². The monoisotopic (exact) mass is 486 g/mol. The van der Waals surface area contributed by atoms with Gasteiger partial charge >= 0.3 is 5.97 Å². The molecule has 4 nitrogen and oxygen atoms in total. The van der Waals surface area contributed by atoms with Crippen LogP contribution in [0.3, 0.4) is 0 Å². The number of rotatable bonds is 15. The first-order valence-electron chi connectivity index (χ1n) is 13.9. The zero-order chi connectivity index (χ0) is 26.0. The van der Waals surface area contributed by atoms with Gasteiger partial charge in [0, 0.05) is 12.0 Å². The third-order valence-electron chi connectivity index (χ3n) is 7.54. The predicted octanol–water partition coefficient (Wildman–Crippen LogP) is 8.52. The number of ether oxygens (including phenoxy) is 2. The van der Waals surface area contributed by atoms with Crippen molar-refractivity contribution in [3.05, 3.63) is 34.4 Å². The molecule has 0 aliphatic carbocycles. The lowest BCUT2D eigenvalue weighted by molar-refractivity contribution is -0.137. The third kappa shape index (κ3) is 9.20. The average Bonchev–Trinajstić information content (AvgIpc) is 2.78. The van der Waals surface area contributed by atoms with Gasteiger partial charge in [0.05, 0.1) is 6.61 Å². The topological polar surface area (TPSA) is 55.8 Å². The molecule has 0 spiro atoms. The molecular formula is C31H50O4. The number of hydrogen-bond donors (Lipinski definition) is 1. The fourth-order valence-corrected chi connectivity index (χ4v) is 5.03. The van der Waals surface area contributed by atoms with E-state index in [9.17, 15) is 4.79 Å². The molecule has 0 bridgehead atoms. The molecule has 2 atom stereocenters. The summed E-state index contributed by atoms with van der Waals surface area (Å²) in [7, 11) is 0. The Kier molecular flexibility index (Phi) is 11.7. The lowest BCUT2D eigenvalue weighted by Gasteiger charge is -2.36. The van der Waals surface area contributed by atoms with Crippen molar-refractivity contribution in [2.75, 3.05) is 6.61 Å². The summed E-state index contributed by atoms with van der Waals surface area (Å²) in [5.74, 6) is 2.85. The molecule has 0 saturated carbocycles. The molecule has 1 aliphatic heterocycles. The Bertz CT molecular complexity index is 854. The molecule has 0 fully saturated rings. The fourth-order valence-electron chi connectivity index (χ4n) is 5.03. The summed E-state index contributed by atoms with van der Waals surface area (Å²) in [4.78, 5) is 10.6. The molecule has 1 aliphatic rings. The molecular weight excluding hydrogens is 436 g/mol. The third-order valence-corrected chi connectivity index (χ3v) is 7.54. The van der Waals surface area contributed by atoms with E-state index in [0.717, 1.165) is 62.4 Å². The molecule has 2 unspecified atom stereocenters. The van der Waals surface area contributed by atoms with Crippen molar-refractivity contribution >= 4 is 5.97 Å². The number of carboxylic acid groups (broad SMARTS) is 1. The number of unbranched alkanes of at least 4 members (excludes halogenated alkanes) is 3. The molecule has 198 valence electrons. The summed E-state index contributed by atoms with van der Waals surface area (Å²) in [6.45, 7) is 16.3. The van der Waals surface area contributed by atoms with Crippen LogP contribution in [0.25, 0.3) is 0 Å². The second-order valence-electron chi connectivity index (χ2n) is 11.4. The van der Waals surface area contributed by atoms with Gasteiger partial charge in [-0.25, -0.2) is 0 Å². The highest BCUT2D eigenvalue weighted by atomic mass is 16.5. The lowest BCUT2D eigenvalue weighted by Crippen LogP contribution is -2.35. The second kappa shape index (κ2) is 13.9. The standard InChI is InChI=1S/C31H50O4/c1-22(2)14-12-15-23(3)16-13-19-31(7)20-18-27-26(6)29(24(4)25(5)30(27)35-31)34-21-11-9-8-10-17-28(32)33/h13,19,22-23H,8-12,14-18,20-21H2,1-7H3,(H,32,33)/b19-13+. The minimum atomic E-state index is -0.711. The molecule has 1 heterocycles. The molecule has 1 N–H and O–H groups in total. The highest BCUT2D eigenvalue weighted by molar-refractivity contribution is 5.66. The number of allylic oxidation sites excluding steroid dienone is 1. The molecule has 0 radical (unpaired) electrons. The summed E-state index contributed by atoms with van der Waals surface area (Å²) < 4.78 is 12.9. The van der Waals surface area contributed by atoms with E-state index < -0.39 is 5.97 Å². The summed E-state index contributed by atoms with van der Waals surface area (Å²) in [5, 5.41) is 8.75. The normalized spacial score (nSPS) is 18.5. The summed E-state index contributed by atoms with van der Waals surface area (Å²) in [6, 6.07) is 0. The van der Waals surface area contributed by atoms with Crippen molar-refractivity contribution in [3.63, 3.8) is 0 Å². The molecule has 35 heavy (non-hydrogen) atoms. The number of carboxylic acids is 1. The van der Waals surface area contributed by atoms with E-state index in [2.05, 4.69) is 60.6 Å². The first kappa shape index (κ1) is 29.3. The maximum atomic E-state index is 10.6. The maximum absolute atomic E-state index is 10.6. The first-order chi connectivity index (χ1) is 16.5. The van der Waals surface area contributed by atoms with Gasteiger partial charge in [0.2, 0.25) is 0 Å². The predicted molar refractivity (Wildman–Crippen MR) is 146 cm³/mol. The van der Waals surface area contributed by atoms with Crippen LogP contribution in [0.15, 0.2) is 12.2 Å². The number of carbonyl (C=O) groups is 1. The minimum absolute atomic E-state index is 0.257. The van der Waals surface area contributed by atoms with Crippen LogP contribution in [0.5, 0.6) is 11.5 Å². The van der Waals surface area contributed by atoms with E-state index in [1.54, 1.807) is 0 Å². The fraction of sp³-hybridized carbons (Fsp3) is 0.710. The van der Waals surface area contributed by atoms with Crippen LogP contribution >= 0.6 is 0 Å². The lowest BCUT2D eigenvalue weighted by atomic mass is 9.86. The second-order valence-corrected chi connectivity index (χ2v) is 11.4. The zero-order valence-corrected chi connectivity index (χ0v) is 23.5. The molecule has 1 aromatic carbocycles. The Labute approximate surface area is 214 Å². The van der Waals surface area contributed by atoms with Crippen LogP contribution in [0.1, 0.15) is 114 Å². The van der Waals surface area contributed by atoms with E-state index in [-0.39, 0.29) is 12.0 Å². The molecule has 0 saturated heterocycles. The summed E-state index contributed by atoms with van der Waals surface area (Å²) in [6.07, 6.45) is 15.6. The molecule has 0 amide bonds. The number of benzene rings is 1. The molecule has 1 aromatic rings. The van der Waals surface area contributed by atoms with Crippen LogP contribution in [-0.4, -0.2) is 23.3 Å². The minimum Gasteiger partial charge on any atom is -0.493 e. The van der Waals surface area contributed by atoms with E-state index >= 15 is 0 Å². The Morgan fingerprint density at radius 3 is 2.43 bits per heavy atom. The van der Waals surface area contributed by atoms with Crippen LogP contribution in [0.4, 0.5) is 0 Å². The Morgan fingerprint density at radius 2 is 1.74 bits per heavy atom. The zero-order valence-electron chi connectivity index (χ0n) is 23.5. The largest absolute Gasteiger partial charge is 0.493 e. The van der Waals surface area contributed by atoms with Gasteiger partial charge in [-0.2, -0.15) is 0 Å². The van der Waals surface area contributed by atoms with E-state index in [0.29, 0.717) is 12.5 Å². The van der Waals surface area contributed by atoms with Gasteiger partial charge in [0.15, 0.2) is 0 Å². The quantitative estimate of drug-likeness (QED) is 0.199. The Hall–Kier alpha value is -1.97. The van der Waals surface area contributed by atoms with E-state index in [1.165, 1.54) is 41.5 Å². The molecule has 0 aromatic heterocycles. The van der Waals surface area contributed by atoms with Crippen molar-refractivity contribution in [2.45, 2.75) is 125 Å². The van der Waals surface area contributed by atoms with Crippen molar-refractivity contribution < 1.29 is 19.4 Å². The van der Waals surface area contributed by atoms with Crippen molar-refractivity contribution in [1.29, 1.82) is 0 Å². The van der Waals surface area contributed by atoms with E-state index in [4.69, 9.17) is 14.6 Å².